The van der Waals surface area contributed by atoms with E-state index in [9.17, 15) is 4.79 Å². The molecule has 0 saturated carbocycles. The van der Waals surface area contributed by atoms with Crippen LogP contribution in [0.1, 0.15) is 65.2 Å². The second-order valence-electron chi connectivity index (χ2n) is 5.21. The Labute approximate surface area is 116 Å². The smallest absolute Gasteiger partial charge is 0.305 e. The molecule has 4 nitrogen and oxygen atoms in total. The van der Waals surface area contributed by atoms with Gasteiger partial charge in [0, 0.05) is 6.42 Å². The number of esters is 1. The maximum Gasteiger partial charge on any atom is 0.305 e. The van der Waals surface area contributed by atoms with Crippen molar-refractivity contribution in [3.63, 3.8) is 0 Å². The standard InChI is InChI=1S/C15H28O4/c1-3-4-5-6-7-8-9-10-15(16)18-12-14-11-17-13(2)19-14/h13-14H,3-12H2,1-2H3. The van der Waals surface area contributed by atoms with Gasteiger partial charge in [-0.2, -0.15) is 0 Å². The molecule has 0 aromatic heterocycles. The predicted molar refractivity (Wildman–Crippen MR) is 73.9 cm³/mol. The van der Waals surface area contributed by atoms with Gasteiger partial charge >= 0.3 is 5.97 Å². The molecule has 2 unspecified atom stereocenters. The van der Waals surface area contributed by atoms with Gasteiger partial charge in [0.2, 0.25) is 0 Å². The minimum absolute atomic E-state index is 0.0898. The molecule has 0 N–H and O–H groups in total. The van der Waals surface area contributed by atoms with Gasteiger partial charge < -0.3 is 14.2 Å². The molecule has 4 heteroatoms. The normalized spacial score (nSPS) is 22.6. The van der Waals surface area contributed by atoms with Crippen LogP contribution in [0.25, 0.3) is 0 Å². The molecule has 0 radical (unpaired) electrons. The molecule has 0 aromatic carbocycles. The molecule has 0 aromatic rings. The number of rotatable bonds is 10. The summed E-state index contributed by atoms with van der Waals surface area (Å²) < 4.78 is 15.8. The van der Waals surface area contributed by atoms with Crippen LogP contribution in [-0.2, 0) is 19.0 Å². The Balaban J connectivity index is 1.88. The van der Waals surface area contributed by atoms with Crippen molar-refractivity contribution in [3.8, 4) is 0 Å². The topological polar surface area (TPSA) is 44.8 Å². The van der Waals surface area contributed by atoms with Crippen LogP contribution in [0, 0.1) is 0 Å². The molecule has 1 aliphatic heterocycles. The van der Waals surface area contributed by atoms with Crippen molar-refractivity contribution in [2.24, 2.45) is 0 Å². The second-order valence-corrected chi connectivity index (χ2v) is 5.21. The summed E-state index contributed by atoms with van der Waals surface area (Å²) >= 11 is 0. The summed E-state index contributed by atoms with van der Waals surface area (Å²) in [6, 6.07) is 0. The molecular formula is C15H28O4. The minimum atomic E-state index is -0.174. The van der Waals surface area contributed by atoms with E-state index in [1.54, 1.807) is 0 Å². The highest BCUT2D eigenvalue weighted by Crippen LogP contribution is 2.12. The van der Waals surface area contributed by atoms with Crippen LogP contribution in [-0.4, -0.2) is 31.6 Å². The Morgan fingerprint density at radius 1 is 1.16 bits per heavy atom. The van der Waals surface area contributed by atoms with Crippen molar-refractivity contribution in [2.75, 3.05) is 13.2 Å². The summed E-state index contributed by atoms with van der Waals surface area (Å²) in [5, 5.41) is 0. The molecule has 1 heterocycles. The Bertz CT molecular complexity index is 242. The van der Waals surface area contributed by atoms with Crippen molar-refractivity contribution in [1.29, 1.82) is 0 Å². The lowest BCUT2D eigenvalue weighted by Crippen LogP contribution is -2.21. The van der Waals surface area contributed by atoms with Gasteiger partial charge in [0.15, 0.2) is 6.29 Å². The Morgan fingerprint density at radius 3 is 2.47 bits per heavy atom. The molecule has 19 heavy (non-hydrogen) atoms. The first kappa shape index (κ1) is 16.4. The number of hydrogen-bond donors (Lipinski definition) is 0. The zero-order valence-electron chi connectivity index (χ0n) is 12.4. The van der Waals surface area contributed by atoms with Crippen LogP contribution in [0.2, 0.25) is 0 Å². The number of unbranched alkanes of at least 4 members (excludes halogenated alkanes) is 6. The van der Waals surface area contributed by atoms with Gasteiger partial charge in [-0.15, -0.1) is 0 Å². The fourth-order valence-electron chi connectivity index (χ4n) is 2.16. The van der Waals surface area contributed by atoms with Crippen LogP contribution in [0.3, 0.4) is 0 Å². The summed E-state index contributed by atoms with van der Waals surface area (Å²) in [5.74, 6) is -0.114. The number of ether oxygens (including phenoxy) is 3. The number of carbonyl (C=O) groups excluding carboxylic acids is 1. The van der Waals surface area contributed by atoms with E-state index in [2.05, 4.69) is 6.92 Å². The lowest BCUT2D eigenvalue weighted by Gasteiger charge is -2.09. The van der Waals surface area contributed by atoms with E-state index in [1.807, 2.05) is 6.92 Å². The van der Waals surface area contributed by atoms with E-state index in [-0.39, 0.29) is 18.4 Å². The van der Waals surface area contributed by atoms with Crippen molar-refractivity contribution < 1.29 is 19.0 Å². The van der Waals surface area contributed by atoms with Crippen LogP contribution < -0.4 is 0 Å². The average molecular weight is 272 g/mol. The third-order valence-electron chi connectivity index (χ3n) is 3.32. The largest absolute Gasteiger partial charge is 0.463 e. The van der Waals surface area contributed by atoms with Gasteiger partial charge in [-0.05, 0) is 13.3 Å². The van der Waals surface area contributed by atoms with Crippen LogP contribution in [0.15, 0.2) is 0 Å². The maximum atomic E-state index is 11.5. The average Bonchev–Trinajstić information content (AvgIpc) is 2.81. The summed E-state index contributed by atoms with van der Waals surface area (Å²) in [5.41, 5.74) is 0. The van der Waals surface area contributed by atoms with Gasteiger partial charge in [-0.3, -0.25) is 4.79 Å². The van der Waals surface area contributed by atoms with E-state index in [4.69, 9.17) is 14.2 Å². The third-order valence-corrected chi connectivity index (χ3v) is 3.32. The highest BCUT2D eigenvalue weighted by Gasteiger charge is 2.23. The van der Waals surface area contributed by atoms with Gasteiger partial charge in [0.1, 0.15) is 12.7 Å². The molecule has 112 valence electrons. The fraction of sp³-hybridized carbons (Fsp3) is 0.933. The van der Waals surface area contributed by atoms with Gasteiger partial charge in [0.25, 0.3) is 0 Å². The first-order valence-electron chi connectivity index (χ1n) is 7.65. The molecule has 0 amide bonds. The maximum absolute atomic E-state index is 11.5. The van der Waals surface area contributed by atoms with Crippen molar-refractivity contribution in [1.82, 2.24) is 0 Å². The highest BCUT2D eigenvalue weighted by atomic mass is 16.7. The predicted octanol–water partition coefficient (Wildman–Crippen LogP) is 3.43. The Hall–Kier alpha value is -0.610. The molecule has 1 saturated heterocycles. The second kappa shape index (κ2) is 10.2. The summed E-state index contributed by atoms with van der Waals surface area (Å²) in [4.78, 5) is 11.5. The monoisotopic (exact) mass is 272 g/mol. The highest BCUT2D eigenvalue weighted by molar-refractivity contribution is 5.69. The van der Waals surface area contributed by atoms with Crippen LogP contribution in [0.4, 0.5) is 0 Å². The van der Waals surface area contributed by atoms with Crippen molar-refractivity contribution in [2.45, 2.75) is 77.6 Å². The summed E-state index contributed by atoms with van der Waals surface area (Å²) in [6.07, 6.45) is 8.75. The molecule has 0 spiro atoms. The first-order chi connectivity index (χ1) is 9.22. The Morgan fingerprint density at radius 2 is 1.84 bits per heavy atom. The number of hydrogen-bond acceptors (Lipinski definition) is 4. The van der Waals surface area contributed by atoms with E-state index >= 15 is 0 Å². The zero-order valence-corrected chi connectivity index (χ0v) is 12.4. The van der Waals surface area contributed by atoms with Crippen molar-refractivity contribution >= 4 is 5.97 Å². The zero-order chi connectivity index (χ0) is 13.9. The van der Waals surface area contributed by atoms with E-state index < -0.39 is 0 Å². The minimum Gasteiger partial charge on any atom is -0.463 e. The molecule has 1 rings (SSSR count). The third kappa shape index (κ3) is 8.22. The lowest BCUT2D eigenvalue weighted by atomic mass is 10.1. The first-order valence-corrected chi connectivity index (χ1v) is 7.65. The molecular weight excluding hydrogens is 244 g/mol. The molecule has 2 atom stereocenters. The van der Waals surface area contributed by atoms with E-state index in [0.717, 1.165) is 12.8 Å². The van der Waals surface area contributed by atoms with Gasteiger partial charge in [-0.1, -0.05) is 45.4 Å². The quantitative estimate of drug-likeness (QED) is 0.451. The molecule has 0 bridgehead atoms. The molecule has 1 fully saturated rings. The van der Waals surface area contributed by atoms with E-state index in [0.29, 0.717) is 19.6 Å². The number of carbonyl (C=O) groups is 1. The van der Waals surface area contributed by atoms with Crippen molar-refractivity contribution in [3.05, 3.63) is 0 Å². The molecule has 0 aliphatic carbocycles. The van der Waals surface area contributed by atoms with Crippen LogP contribution >= 0.6 is 0 Å². The lowest BCUT2D eigenvalue weighted by molar-refractivity contribution is -0.147. The van der Waals surface area contributed by atoms with Gasteiger partial charge in [0.05, 0.1) is 6.61 Å². The van der Waals surface area contributed by atoms with Crippen LogP contribution in [0.5, 0.6) is 0 Å². The summed E-state index contributed by atoms with van der Waals surface area (Å²) in [6.45, 7) is 4.90. The van der Waals surface area contributed by atoms with E-state index in [1.165, 1.54) is 32.1 Å². The SMILES string of the molecule is CCCCCCCCCC(=O)OCC1COC(C)O1. The summed E-state index contributed by atoms with van der Waals surface area (Å²) in [7, 11) is 0. The Kier molecular flexibility index (Phi) is 8.84. The van der Waals surface area contributed by atoms with Gasteiger partial charge in [-0.25, -0.2) is 0 Å². The fourth-order valence-corrected chi connectivity index (χ4v) is 2.16. The molecule has 1 aliphatic rings.